The lowest BCUT2D eigenvalue weighted by atomic mass is 9.93. The molecule has 3 heterocycles. The Morgan fingerprint density at radius 3 is 2.53 bits per heavy atom. The molecule has 3 N–H and O–H groups in total. The standard InChI is InChI=1S/C19H20F4N6O3/c1-9-7-25-14(10(2)26-9)32-16(30)28-12-6-5-11(20)13(27-12)17(3)8-31-18(4,15(24)29-17)19(21,22)23/h5-7H,8H2,1-4H3,(H2,24,29)(H,27,28,30). The summed E-state index contributed by atoms with van der Waals surface area (Å²) in [5, 5.41) is 2.30. The van der Waals surface area contributed by atoms with E-state index < -0.39 is 41.7 Å². The Balaban J connectivity index is 1.85. The lowest BCUT2D eigenvalue weighted by molar-refractivity contribution is -0.249. The topological polar surface area (TPSA) is 125 Å². The first kappa shape index (κ1) is 23.3. The van der Waals surface area contributed by atoms with Crippen LogP contribution in [0.15, 0.2) is 23.3 Å². The predicted octanol–water partition coefficient (Wildman–Crippen LogP) is 3.16. The van der Waals surface area contributed by atoms with Crippen molar-refractivity contribution in [2.24, 2.45) is 10.7 Å². The maximum Gasteiger partial charge on any atom is 0.424 e. The lowest BCUT2D eigenvalue weighted by Gasteiger charge is -2.40. The number of aromatic nitrogens is 3. The fourth-order valence-electron chi connectivity index (χ4n) is 2.91. The highest BCUT2D eigenvalue weighted by Crippen LogP contribution is 2.41. The van der Waals surface area contributed by atoms with Crippen LogP contribution in [-0.4, -0.2) is 45.3 Å². The molecular formula is C19H20F4N6O3. The highest BCUT2D eigenvalue weighted by molar-refractivity contribution is 5.90. The molecular weight excluding hydrogens is 436 g/mol. The smallest absolute Gasteiger partial charge is 0.389 e. The zero-order chi connectivity index (χ0) is 23.9. The molecule has 0 radical (unpaired) electrons. The second kappa shape index (κ2) is 7.97. The van der Waals surface area contributed by atoms with Crippen LogP contribution in [0, 0.1) is 19.7 Å². The van der Waals surface area contributed by atoms with Gasteiger partial charge in [0.2, 0.25) is 11.5 Å². The monoisotopic (exact) mass is 456 g/mol. The Hall–Kier alpha value is -3.35. The first-order valence-corrected chi connectivity index (χ1v) is 9.28. The van der Waals surface area contributed by atoms with E-state index in [1.165, 1.54) is 13.1 Å². The van der Waals surface area contributed by atoms with Crippen LogP contribution in [0.2, 0.25) is 0 Å². The van der Waals surface area contributed by atoms with E-state index in [-0.39, 0.29) is 17.4 Å². The van der Waals surface area contributed by atoms with Gasteiger partial charge in [0, 0.05) is 0 Å². The number of nitrogens with one attached hydrogen (secondary N) is 1. The summed E-state index contributed by atoms with van der Waals surface area (Å²) in [7, 11) is 0. The number of amides is 1. The Morgan fingerprint density at radius 1 is 1.25 bits per heavy atom. The SMILES string of the molecule is Cc1cnc(OC(=O)Nc2ccc(F)c(C3(C)COC(C)(C(F)(F)F)C(N)=N3)n2)c(C)n1. The molecule has 13 heteroatoms. The van der Waals surface area contributed by atoms with Gasteiger partial charge in [-0.2, -0.15) is 13.2 Å². The van der Waals surface area contributed by atoms with Crippen molar-refractivity contribution in [1.82, 2.24) is 15.0 Å². The molecule has 0 bridgehead atoms. The van der Waals surface area contributed by atoms with Crippen LogP contribution in [-0.2, 0) is 10.3 Å². The zero-order valence-corrected chi connectivity index (χ0v) is 17.5. The molecule has 2 aromatic heterocycles. The molecule has 0 spiro atoms. The fourth-order valence-corrected chi connectivity index (χ4v) is 2.91. The number of aliphatic imine (C=N–C) groups is 1. The van der Waals surface area contributed by atoms with Crippen molar-refractivity contribution in [3.63, 3.8) is 0 Å². The number of carbonyl (C=O) groups is 1. The van der Waals surface area contributed by atoms with Crippen LogP contribution >= 0.6 is 0 Å². The van der Waals surface area contributed by atoms with Crippen LogP contribution in [0.4, 0.5) is 28.2 Å². The number of hydrogen-bond acceptors (Lipinski definition) is 8. The summed E-state index contributed by atoms with van der Waals surface area (Å²) in [4.78, 5) is 28.1. The molecule has 172 valence electrons. The third kappa shape index (κ3) is 4.33. The molecule has 0 aliphatic carbocycles. The highest BCUT2D eigenvalue weighted by Gasteiger charge is 2.59. The summed E-state index contributed by atoms with van der Waals surface area (Å²) in [5.74, 6) is -1.91. The van der Waals surface area contributed by atoms with Gasteiger partial charge in [-0.1, -0.05) is 0 Å². The lowest BCUT2D eigenvalue weighted by Crippen LogP contribution is -2.60. The second-order valence-electron chi connectivity index (χ2n) is 7.53. The Morgan fingerprint density at radius 2 is 1.94 bits per heavy atom. The molecule has 0 saturated carbocycles. The van der Waals surface area contributed by atoms with Crippen LogP contribution < -0.4 is 15.8 Å². The van der Waals surface area contributed by atoms with Crippen LogP contribution in [0.3, 0.4) is 0 Å². The maximum atomic E-state index is 14.5. The molecule has 2 atom stereocenters. The number of carbonyl (C=O) groups excluding carboxylic acids is 1. The van der Waals surface area contributed by atoms with Crippen LogP contribution in [0.25, 0.3) is 0 Å². The summed E-state index contributed by atoms with van der Waals surface area (Å²) in [6.45, 7) is 4.71. The van der Waals surface area contributed by atoms with Crippen molar-refractivity contribution in [3.05, 3.63) is 41.2 Å². The molecule has 3 rings (SSSR count). The van der Waals surface area contributed by atoms with Gasteiger partial charge in [-0.3, -0.25) is 15.3 Å². The number of halogens is 4. The molecule has 2 unspecified atom stereocenters. The van der Waals surface area contributed by atoms with Gasteiger partial charge < -0.3 is 15.2 Å². The minimum Gasteiger partial charge on any atom is -0.389 e. The largest absolute Gasteiger partial charge is 0.424 e. The molecule has 0 saturated heterocycles. The van der Waals surface area contributed by atoms with Gasteiger partial charge in [0.15, 0.2) is 0 Å². The second-order valence-corrected chi connectivity index (χ2v) is 7.53. The van der Waals surface area contributed by atoms with Gasteiger partial charge in [-0.05, 0) is 39.8 Å². The van der Waals surface area contributed by atoms with E-state index in [0.717, 1.165) is 19.1 Å². The van der Waals surface area contributed by atoms with Gasteiger partial charge in [0.1, 0.15) is 34.4 Å². The van der Waals surface area contributed by atoms with Crippen molar-refractivity contribution in [1.29, 1.82) is 0 Å². The van der Waals surface area contributed by atoms with Crippen LogP contribution in [0.5, 0.6) is 5.88 Å². The molecule has 1 amide bonds. The molecule has 9 nitrogen and oxygen atoms in total. The summed E-state index contributed by atoms with van der Waals surface area (Å²) in [6, 6.07) is 2.12. The van der Waals surface area contributed by atoms with Crippen LogP contribution in [0.1, 0.15) is 30.9 Å². The molecule has 1 aliphatic rings. The van der Waals surface area contributed by atoms with E-state index in [4.69, 9.17) is 15.2 Å². The Bertz CT molecular complexity index is 1090. The molecule has 0 fully saturated rings. The van der Waals surface area contributed by atoms with Gasteiger partial charge in [-0.25, -0.2) is 19.2 Å². The van der Waals surface area contributed by atoms with E-state index in [0.29, 0.717) is 11.4 Å². The van der Waals surface area contributed by atoms with Crippen molar-refractivity contribution < 1.29 is 31.8 Å². The Kier molecular flexibility index (Phi) is 5.80. The normalized spacial score (nSPS) is 23.4. The number of pyridine rings is 1. The number of nitrogens with two attached hydrogens (primary N) is 1. The number of rotatable bonds is 3. The number of hydrogen-bond donors (Lipinski definition) is 2. The number of ether oxygens (including phenoxy) is 2. The third-order valence-corrected chi connectivity index (χ3v) is 4.84. The molecule has 2 aromatic rings. The number of amidine groups is 1. The van der Waals surface area contributed by atoms with Crippen molar-refractivity contribution in [3.8, 4) is 5.88 Å². The van der Waals surface area contributed by atoms with Gasteiger partial charge in [0.05, 0.1) is 18.5 Å². The third-order valence-electron chi connectivity index (χ3n) is 4.84. The minimum atomic E-state index is -4.82. The van der Waals surface area contributed by atoms with Crippen molar-refractivity contribution in [2.45, 2.75) is 45.0 Å². The number of anilines is 1. The first-order chi connectivity index (χ1) is 14.7. The Labute approximate surface area is 180 Å². The number of aryl methyl sites for hydroxylation is 2. The molecule has 32 heavy (non-hydrogen) atoms. The summed E-state index contributed by atoms with van der Waals surface area (Å²) in [6.07, 6.45) is -4.39. The van der Waals surface area contributed by atoms with Gasteiger partial charge >= 0.3 is 12.3 Å². The van der Waals surface area contributed by atoms with Crippen molar-refractivity contribution >= 4 is 17.7 Å². The quantitative estimate of drug-likeness (QED) is 0.680. The minimum absolute atomic E-state index is 0.0353. The van der Waals surface area contributed by atoms with E-state index in [2.05, 4.69) is 25.3 Å². The highest BCUT2D eigenvalue weighted by atomic mass is 19.4. The summed E-state index contributed by atoms with van der Waals surface area (Å²) >= 11 is 0. The van der Waals surface area contributed by atoms with E-state index in [1.807, 2.05) is 0 Å². The van der Waals surface area contributed by atoms with Crippen molar-refractivity contribution in [2.75, 3.05) is 11.9 Å². The maximum absolute atomic E-state index is 14.5. The fraction of sp³-hybridized carbons (Fsp3) is 0.421. The van der Waals surface area contributed by atoms with E-state index in [1.54, 1.807) is 13.8 Å². The predicted molar refractivity (Wildman–Crippen MR) is 105 cm³/mol. The number of nitrogens with zero attached hydrogens (tertiary/aromatic N) is 4. The first-order valence-electron chi connectivity index (χ1n) is 9.28. The summed E-state index contributed by atoms with van der Waals surface area (Å²) in [5.41, 5.74) is 1.70. The average molecular weight is 456 g/mol. The molecule has 0 aromatic carbocycles. The van der Waals surface area contributed by atoms with E-state index >= 15 is 0 Å². The van der Waals surface area contributed by atoms with Gasteiger partial charge in [-0.15, -0.1) is 0 Å². The average Bonchev–Trinajstić information content (AvgIpc) is 2.68. The number of alkyl halides is 3. The summed E-state index contributed by atoms with van der Waals surface area (Å²) < 4.78 is 64.5. The van der Waals surface area contributed by atoms with E-state index in [9.17, 15) is 22.4 Å². The van der Waals surface area contributed by atoms with Gasteiger partial charge in [0.25, 0.3) is 0 Å². The molecule has 1 aliphatic heterocycles. The zero-order valence-electron chi connectivity index (χ0n) is 17.5.